The van der Waals surface area contributed by atoms with Crippen molar-refractivity contribution in [3.8, 4) is 11.5 Å². The van der Waals surface area contributed by atoms with Crippen LogP contribution in [-0.2, 0) is 10.2 Å². The van der Waals surface area contributed by atoms with Crippen LogP contribution in [0, 0.1) is 0 Å². The summed E-state index contributed by atoms with van der Waals surface area (Å²) in [6.45, 7) is 0.642. The first-order chi connectivity index (χ1) is 9.10. The van der Waals surface area contributed by atoms with Gasteiger partial charge in [0.05, 0.1) is 16.0 Å². The average Bonchev–Trinajstić information content (AvgIpc) is 3.19. The van der Waals surface area contributed by atoms with E-state index in [-0.39, 0.29) is 16.3 Å². The van der Waals surface area contributed by atoms with Crippen molar-refractivity contribution in [2.75, 3.05) is 13.2 Å². The molecular weight excluding hydrogens is 272 g/mol. The molecule has 3 rings (SSSR count). The third-order valence-electron chi connectivity index (χ3n) is 3.59. The second-order valence-electron chi connectivity index (χ2n) is 4.68. The van der Waals surface area contributed by atoms with Crippen molar-refractivity contribution in [1.82, 2.24) is 0 Å². The van der Waals surface area contributed by atoms with Gasteiger partial charge in [-0.2, -0.15) is 0 Å². The highest BCUT2D eigenvalue weighted by molar-refractivity contribution is 6.33. The molecular formula is C13H11ClO5. The van der Waals surface area contributed by atoms with Crippen LogP contribution in [0.2, 0.25) is 5.02 Å². The molecule has 1 aromatic carbocycles. The monoisotopic (exact) mass is 282 g/mol. The molecule has 1 N–H and O–H groups in total. The highest BCUT2D eigenvalue weighted by Crippen LogP contribution is 2.55. The molecule has 0 spiro atoms. The van der Waals surface area contributed by atoms with Gasteiger partial charge in [0.1, 0.15) is 13.2 Å². The zero-order valence-electron chi connectivity index (χ0n) is 9.94. The fraction of sp³-hybridized carbons (Fsp3) is 0.385. The maximum Gasteiger partial charge on any atom is 0.314 e. The Morgan fingerprint density at radius 3 is 2.47 bits per heavy atom. The van der Waals surface area contributed by atoms with Crippen LogP contribution in [0.1, 0.15) is 28.8 Å². The molecule has 1 fully saturated rings. The average molecular weight is 283 g/mol. The number of benzene rings is 1. The highest BCUT2D eigenvalue weighted by Gasteiger charge is 2.54. The van der Waals surface area contributed by atoms with E-state index in [0.29, 0.717) is 43.7 Å². The number of hydrogen-bond donors (Lipinski definition) is 1. The number of aliphatic carboxylic acids is 1. The molecule has 1 saturated carbocycles. The highest BCUT2D eigenvalue weighted by atomic mass is 35.5. The van der Waals surface area contributed by atoms with Gasteiger partial charge < -0.3 is 14.6 Å². The third kappa shape index (κ3) is 1.69. The van der Waals surface area contributed by atoms with E-state index < -0.39 is 11.4 Å². The van der Waals surface area contributed by atoms with Gasteiger partial charge in [-0.1, -0.05) is 11.6 Å². The van der Waals surface area contributed by atoms with Gasteiger partial charge in [-0.25, -0.2) is 0 Å². The van der Waals surface area contributed by atoms with E-state index in [4.69, 9.17) is 21.1 Å². The Hall–Kier alpha value is -1.75. The smallest absolute Gasteiger partial charge is 0.314 e. The number of hydrogen-bond acceptors (Lipinski definition) is 4. The predicted molar refractivity (Wildman–Crippen MR) is 66.4 cm³/mol. The normalized spacial score (nSPS) is 18.8. The Balaban J connectivity index is 2.24. The van der Waals surface area contributed by atoms with Gasteiger partial charge >= 0.3 is 5.97 Å². The Kier molecular flexibility index (Phi) is 2.67. The first-order valence-electron chi connectivity index (χ1n) is 5.91. The summed E-state index contributed by atoms with van der Waals surface area (Å²) >= 11 is 6.05. The Bertz CT molecular complexity index is 577. The molecule has 6 heteroatoms. The fourth-order valence-corrected chi connectivity index (χ4v) is 2.63. The molecule has 1 heterocycles. The van der Waals surface area contributed by atoms with Gasteiger partial charge in [-0.05, 0) is 18.9 Å². The van der Waals surface area contributed by atoms with E-state index in [2.05, 4.69) is 0 Å². The van der Waals surface area contributed by atoms with Crippen molar-refractivity contribution < 1.29 is 24.2 Å². The van der Waals surface area contributed by atoms with Crippen molar-refractivity contribution in [2.24, 2.45) is 0 Å². The number of fused-ring (bicyclic) bond motifs is 1. The minimum atomic E-state index is -0.949. The molecule has 5 nitrogen and oxygen atoms in total. The molecule has 0 atom stereocenters. The largest absolute Gasteiger partial charge is 0.486 e. The van der Waals surface area contributed by atoms with E-state index in [1.165, 1.54) is 6.07 Å². The van der Waals surface area contributed by atoms with E-state index in [1.807, 2.05) is 0 Å². The SMILES string of the molecule is O=Cc1c(Cl)cc(C2(C(=O)O)CC2)c2c1OCCO2. The lowest BCUT2D eigenvalue weighted by Crippen LogP contribution is -2.24. The molecule has 0 radical (unpaired) electrons. The van der Waals surface area contributed by atoms with Crippen molar-refractivity contribution >= 4 is 23.9 Å². The molecule has 0 amide bonds. The lowest BCUT2D eigenvalue weighted by atomic mass is 9.93. The standard InChI is InChI=1S/C13H11ClO5/c14-9-5-8(13(1-2-13)12(16)17)11-10(7(9)6-15)18-3-4-19-11/h5-6H,1-4H2,(H,16,17). The van der Waals surface area contributed by atoms with Gasteiger partial charge in [-0.15, -0.1) is 0 Å². The number of carboxylic acids is 1. The molecule has 19 heavy (non-hydrogen) atoms. The lowest BCUT2D eigenvalue weighted by molar-refractivity contribution is -0.140. The number of aldehydes is 1. The molecule has 0 bridgehead atoms. The van der Waals surface area contributed by atoms with E-state index >= 15 is 0 Å². The van der Waals surface area contributed by atoms with Crippen LogP contribution < -0.4 is 9.47 Å². The van der Waals surface area contributed by atoms with Crippen LogP contribution in [-0.4, -0.2) is 30.6 Å². The number of rotatable bonds is 3. The van der Waals surface area contributed by atoms with Gasteiger partial charge in [-0.3, -0.25) is 9.59 Å². The summed E-state index contributed by atoms with van der Waals surface area (Å²) in [6, 6.07) is 1.51. The van der Waals surface area contributed by atoms with Crippen molar-refractivity contribution in [1.29, 1.82) is 0 Å². The molecule has 1 aliphatic carbocycles. The second-order valence-corrected chi connectivity index (χ2v) is 5.09. The number of carbonyl (C=O) groups excluding carboxylic acids is 1. The summed E-state index contributed by atoms with van der Waals surface area (Å²) in [5, 5.41) is 9.56. The van der Waals surface area contributed by atoms with Gasteiger partial charge in [0.15, 0.2) is 17.8 Å². The summed E-state index contributed by atoms with van der Waals surface area (Å²) in [5.74, 6) is -0.298. The van der Waals surface area contributed by atoms with Crippen LogP contribution in [0.25, 0.3) is 0 Å². The molecule has 0 unspecified atom stereocenters. The van der Waals surface area contributed by atoms with Crippen molar-refractivity contribution in [2.45, 2.75) is 18.3 Å². The molecule has 100 valence electrons. The zero-order valence-corrected chi connectivity index (χ0v) is 10.7. The van der Waals surface area contributed by atoms with Gasteiger partial charge in [0, 0.05) is 5.56 Å². The van der Waals surface area contributed by atoms with Crippen molar-refractivity contribution in [3.05, 3.63) is 22.2 Å². The number of carbonyl (C=O) groups is 2. The van der Waals surface area contributed by atoms with Crippen LogP contribution in [0.3, 0.4) is 0 Å². The fourth-order valence-electron chi connectivity index (χ4n) is 2.39. The summed E-state index contributed by atoms with van der Waals surface area (Å²) in [6.07, 6.45) is 1.67. The molecule has 2 aliphatic rings. The Morgan fingerprint density at radius 1 is 1.32 bits per heavy atom. The maximum absolute atomic E-state index is 11.4. The van der Waals surface area contributed by atoms with Crippen LogP contribution in [0.15, 0.2) is 6.07 Å². The first-order valence-corrected chi connectivity index (χ1v) is 6.29. The number of halogens is 1. The zero-order chi connectivity index (χ0) is 13.6. The summed E-state index contributed by atoms with van der Waals surface area (Å²) in [5.41, 5.74) is -0.234. The number of ether oxygens (including phenoxy) is 2. The molecule has 1 aliphatic heterocycles. The van der Waals surface area contributed by atoms with E-state index in [1.54, 1.807) is 0 Å². The third-order valence-corrected chi connectivity index (χ3v) is 3.91. The quantitative estimate of drug-likeness (QED) is 0.859. The second kappa shape index (κ2) is 4.13. The predicted octanol–water partition coefficient (Wildman–Crippen LogP) is 2.04. The minimum Gasteiger partial charge on any atom is -0.486 e. The summed E-state index contributed by atoms with van der Waals surface area (Å²) < 4.78 is 11.0. The van der Waals surface area contributed by atoms with Gasteiger partial charge in [0.2, 0.25) is 0 Å². The van der Waals surface area contributed by atoms with Crippen LogP contribution in [0.5, 0.6) is 11.5 Å². The lowest BCUT2D eigenvalue weighted by Gasteiger charge is -2.25. The Morgan fingerprint density at radius 2 is 1.95 bits per heavy atom. The van der Waals surface area contributed by atoms with E-state index in [9.17, 15) is 14.7 Å². The Labute approximate surface area is 114 Å². The van der Waals surface area contributed by atoms with Crippen LogP contribution in [0.4, 0.5) is 0 Å². The molecule has 0 saturated heterocycles. The summed E-state index contributed by atoms with van der Waals surface area (Å²) in [7, 11) is 0. The number of carboxylic acid groups (broad SMARTS) is 1. The van der Waals surface area contributed by atoms with Crippen LogP contribution >= 0.6 is 11.6 Å². The van der Waals surface area contributed by atoms with E-state index in [0.717, 1.165) is 0 Å². The first kappa shape index (κ1) is 12.3. The summed E-state index contributed by atoms with van der Waals surface area (Å²) in [4.78, 5) is 22.5. The maximum atomic E-state index is 11.4. The topological polar surface area (TPSA) is 72.8 Å². The van der Waals surface area contributed by atoms with Gasteiger partial charge in [0.25, 0.3) is 0 Å². The molecule has 1 aromatic rings. The molecule has 0 aromatic heterocycles. The minimum absolute atomic E-state index is 0.196. The van der Waals surface area contributed by atoms with Crippen molar-refractivity contribution in [3.63, 3.8) is 0 Å².